The second-order valence-corrected chi connectivity index (χ2v) is 7.65. The van der Waals surface area contributed by atoms with Gasteiger partial charge in [0.15, 0.2) is 9.84 Å². The molecule has 1 heterocycles. The fourth-order valence-electron chi connectivity index (χ4n) is 2.22. The Bertz CT molecular complexity index is 756. The van der Waals surface area contributed by atoms with Crippen LogP contribution in [0.5, 0.6) is 0 Å². The van der Waals surface area contributed by atoms with E-state index in [9.17, 15) is 12.8 Å². The summed E-state index contributed by atoms with van der Waals surface area (Å²) in [6, 6.07) is 6.13. The first kappa shape index (κ1) is 16.5. The van der Waals surface area contributed by atoms with Gasteiger partial charge in [0.05, 0.1) is 23.3 Å². The lowest BCUT2D eigenvalue weighted by Gasteiger charge is -2.14. The molecule has 1 aromatic heterocycles. The van der Waals surface area contributed by atoms with Crippen molar-refractivity contribution in [1.29, 1.82) is 0 Å². The normalized spacial score (nSPS) is 13.1. The Morgan fingerprint density at radius 2 is 2.05 bits per heavy atom. The van der Waals surface area contributed by atoms with Crippen LogP contribution in [-0.4, -0.2) is 35.7 Å². The zero-order valence-electron chi connectivity index (χ0n) is 12.9. The number of rotatable bonds is 6. The molecule has 0 aliphatic carbocycles. The quantitative estimate of drug-likeness (QED) is 0.886. The number of halogens is 1. The van der Waals surface area contributed by atoms with Gasteiger partial charge in [-0.15, -0.1) is 0 Å². The largest absolute Gasteiger partial charge is 0.379 e. The van der Waals surface area contributed by atoms with Gasteiger partial charge in [-0.3, -0.25) is 0 Å². The van der Waals surface area contributed by atoms with E-state index < -0.39 is 9.84 Å². The highest BCUT2D eigenvalue weighted by atomic mass is 32.2. The van der Waals surface area contributed by atoms with E-state index in [1.165, 1.54) is 10.7 Å². The van der Waals surface area contributed by atoms with Crippen LogP contribution < -0.4 is 5.32 Å². The summed E-state index contributed by atoms with van der Waals surface area (Å²) in [5.41, 5.74) is 1.79. The number of hydrogen-bond acceptors (Lipinski definition) is 4. The highest BCUT2D eigenvalue weighted by Gasteiger charge is 2.16. The molecule has 0 saturated heterocycles. The van der Waals surface area contributed by atoms with Crippen LogP contribution in [0, 0.1) is 12.7 Å². The van der Waals surface area contributed by atoms with Crippen molar-refractivity contribution in [3.8, 4) is 5.69 Å². The summed E-state index contributed by atoms with van der Waals surface area (Å²) < 4.78 is 38.6. The van der Waals surface area contributed by atoms with E-state index in [0.29, 0.717) is 11.4 Å². The number of aromatic nitrogens is 2. The number of para-hydroxylation sites is 1. The molecule has 5 nitrogen and oxygen atoms in total. The van der Waals surface area contributed by atoms with Crippen LogP contribution >= 0.6 is 0 Å². The smallest absolute Gasteiger partial charge is 0.152 e. The van der Waals surface area contributed by atoms with Crippen LogP contribution in [0.3, 0.4) is 0 Å². The summed E-state index contributed by atoms with van der Waals surface area (Å²) in [7, 11) is -3.05. The average molecular weight is 325 g/mol. The predicted molar refractivity (Wildman–Crippen MR) is 85.7 cm³/mol. The molecule has 2 aromatic rings. The van der Waals surface area contributed by atoms with Crippen molar-refractivity contribution >= 4 is 15.5 Å². The van der Waals surface area contributed by atoms with Crippen molar-refractivity contribution in [3.63, 3.8) is 0 Å². The summed E-state index contributed by atoms with van der Waals surface area (Å²) in [5.74, 6) is -0.192. The van der Waals surface area contributed by atoms with Gasteiger partial charge in [0, 0.05) is 11.8 Å². The van der Waals surface area contributed by atoms with Crippen molar-refractivity contribution in [2.24, 2.45) is 0 Å². The summed E-state index contributed by atoms with van der Waals surface area (Å²) >= 11 is 0. The molecule has 2 rings (SSSR count). The Kier molecular flexibility index (Phi) is 4.85. The Hall–Kier alpha value is -1.89. The number of benzene rings is 1. The lowest BCUT2D eigenvalue weighted by molar-refractivity contribution is 0.593. The molecule has 0 unspecified atom stereocenters. The summed E-state index contributed by atoms with van der Waals surface area (Å²) in [6.07, 6.45) is 1.58. The number of nitrogens with zero attached hydrogens (tertiary/aromatic N) is 2. The second-order valence-electron chi connectivity index (χ2n) is 5.25. The number of nitrogens with one attached hydrogen (secondary N) is 1. The maximum absolute atomic E-state index is 13.8. The highest BCUT2D eigenvalue weighted by Crippen LogP contribution is 2.21. The number of sulfone groups is 1. The number of anilines is 1. The molecule has 0 aliphatic heterocycles. The van der Waals surface area contributed by atoms with Crippen LogP contribution in [0.2, 0.25) is 0 Å². The van der Waals surface area contributed by atoms with Gasteiger partial charge >= 0.3 is 0 Å². The molecule has 0 fully saturated rings. The van der Waals surface area contributed by atoms with Gasteiger partial charge in [-0.25, -0.2) is 17.5 Å². The second kappa shape index (κ2) is 6.48. The molecule has 0 aliphatic rings. The zero-order chi connectivity index (χ0) is 16.3. The topological polar surface area (TPSA) is 64.0 Å². The SMILES string of the molecule is CCS(=O)(=O)C[C@H](C)Nc1cnn(-c2ccccc2F)c1C. The van der Waals surface area contributed by atoms with Crippen LogP contribution in [0.4, 0.5) is 10.1 Å². The molecule has 0 amide bonds. The third-order valence-electron chi connectivity index (χ3n) is 3.44. The van der Waals surface area contributed by atoms with Gasteiger partial charge in [0.1, 0.15) is 11.5 Å². The van der Waals surface area contributed by atoms with E-state index in [2.05, 4.69) is 10.4 Å². The van der Waals surface area contributed by atoms with Crippen molar-refractivity contribution in [2.75, 3.05) is 16.8 Å². The van der Waals surface area contributed by atoms with E-state index in [0.717, 1.165) is 5.69 Å². The molecule has 0 spiro atoms. The standard InChI is InChI=1S/C15H20FN3O2S/c1-4-22(20,21)10-11(2)18-14-9-17-19(12(14)3)15-8-6-5-7-13(15)16/h5-9,11,18H,4,10H2,1-3H3/t11-/m0/s1. The zero-order valence-corrected chi connectivity index (χ0v) is 13.7. The van der Waals surface area contributed by atoms with Crippen molar-refractivity contribution in [2.45, 2.75) is 26.8 Å². The maximum atomic E-state index is 13.8. The van der Waals surface area contributed by atoms with E-state index in [1.54, 1.807) is 38.2 Å². The highest BCUT2D eigenvalue weighted by molar-refractivity contribution is 7.91. The van der Waals surface area contributed by atoms with E-state index in [4.69, 9.17) is 0 Å². The van der Waals surface area contributed by atoms with Gasteiger partial charge in [0.2, 0.25) is 0 Å². The summed E-state index contributed by atoms with van der Waals surface area (Å²) in [4.78, 5) is 0. The van der Waals surface area contributed by atoms with Crippen molar-refractivity contribution in [3.05, 3.63) is 42.0 Å². The van der Waals surface area contributed by atoms with Crippen LogP contribution in [-0.2, 0) is 9.84 Å². The number of hydrogen-bond donors (Lipinski definition) is 1. The fraction of sp³-hybridized carbons (Fsp3) is 0.400. The van der Waals surface area contributed by atoms with E-state index in [1.807, 2.05) is 6.92 Å². The van der Waals surface area contributed by atoms with E-state index in [-0.39, 0.29) is 23.4 Å². The van der Waals surface area contributed by atoms with E-state index >= 15 is 0 Å². The molecule has 22 heavy (non-hydrogen) atoms. The predicted octanol–water partition coefficient (Wildman–Crippen LogP) is 2.55. The van der Waals surface area contributed by atoms with Crippen molar-refractivity contribution < 1.29 is 12.8 Å². The van der Waals surface area contributed by atoms with Gasteiger partial charge in [0.25, 0.3) is 0 Å². The molecule has 1 aromatic carbocycles. The van der Waals surface area contributed by atoms with Crippen molar-refractivity contribution in [1.82, 2.24) is 9.78 Å². The molecule has 7 heteroatoms. The van der Waals surface area contributed by atoms with Gasteiger partial charge in [-0.1, -0.05) is 19.1 Å². The van der Waals surface area contributed by atoms with Gasteiger partial charge < -0.3 is 5.32 Å². The Balaban J connectivity index is 2.20. The Morgan fingerprint density at radius 1 is 1.36 bits per heavy atom. The first-order chi connectivity index (χ1) is 10.3. The fourth-order valence-corrected chi connectivity index (χ4v) is 3.30. The Labute approximate surface area is 130 Å². The molecule has 120 valence electrons. The third-order valence-corrected chi connectivity index (χ3v) is 5.32. The molecule has 1 atom stereocenters. The minimum atomic E-state index is -3.05. The lowest BCUT2D eigenvalue weighted by Crippen LogP contribution is -2.26. The monoisotopic (exact) mass is 325 g/mol. The molecule has 1 N–H and O–H groups in total. The van der Waals surface area contributed by atoms with Crippen LogP contribution in [0.1, 0.15) is 19.5 Å². The minimum Gasteiger partial charge on any atom is -0.379 e. The molecule has 0 saturated carbocycles. The lowest BCUT2D eigenvalue weighted by atomic mass is 10.3. The molecular formula is C15H20FN3O2S. The first-order valence-electron chi connectivity index (χ1n) is 7.10. The minimum absolute atomic E-state index is 0.0494. The third kappa shape index (κ3) is 3.65. The van der Waals surface area contributed by atoms with Gasteiger partial charge in [-0.05, 0) is 26.0 Å². The van der Waals surface area contributed by atoms with Crippen LogP contribution in [0.25, 0.3) is 5.69 Å². The maximum Gasteiger partial charge on any atom is 0.152 e. The summed E-state index contributed by atoms with van der Waals surface area (Å²) in [5, 5.41) is 7.31. The molecular weight excluding hydrogens is 305 g/mol. The Morgan fingerprint density at radius 3 is 2.68 bits per heavy atom. The van der Waals surface area contributed by atoms with Gasteiger partial charge in [-0.2, -0.15) is 5.10 Å². The molecule has 0 radical (unpaired) electrons. The van der Waals surface area contributed by atoms with Crippen LogP contribution in [0.15, 0.2) is 30.5 Å². The summed E-state index contributed by atoms with van der Waals surface area (Å²) in [6.45, 7) is 5.24. The molecule has 0 bridgehead atoms. The average Bonchev–Trinajstić information content (AvgIpc) is 2.80. The first-order valence-corrected chi connectivity index (χ1v) is 8.92.